The molecule has 6 heteroatoms. The van der Waals surface area contributed by atoms with E-state index in [1.165, 1.54) is 18.4 Å². The molecule has 2 N–H and O–H groups in total. The van der Waals surface area contributed by atoms with Gasteiger partial charge < -0.3 is 15.2 Å². The van der Waals surface area contributed by atoms with Crippen molar-refractivity contribution in [1.82, 2.24) is 5.32 Å². The molecule has 5 nitrogen and oxygen atoms in total. The predicted molar refractivity (Wildman–Crippen MR) is 68.8 cm³/mol. The summed E-state index contributed by atoms with van der Waals surface area (Å²) in [4.78, 5) is 22.8. The van der Waals surface area contributed by atoms with Crippen LogP contribution in [0.25, 0.3) is 0 Å². The lowest BCUT2D eigenvalue weighted by atomic mass is 10.0. The molecule has 0 saturated carbocycles. The minimum absolute atomic E-state index is 0.0735. The molecule has 18 heavy (non-hydrogen) atoms. The van der Waals surface area contributed by atoms with Gasteiger partial charge in [-0.2, -0.15) is 0 Å². The Morgan fingerprint density at radius 3 is 2.67 bits per heavy atom. The molecule has 0 amide bonds. The van der Waals surface area contributed by atoms with E-state index in [1.54, 1.807) is 11.4 Å². The molecule has 1 aromatic heterocycles. The quantitative estimate of drug-likeness (QED) is 0.771. The average Bonchev–Trinajstić information content (AvgIpc) is 2.76. The molecule has 0 bridgehead atoms. The molecule has 0 aliphatic heterocycles. The molecule has 0 spiro atoms. The van der Waals surface area contributed by atoms with Crippen LogP contribution in [-0.2, 0) is 16.1 Å². The SMILES string of the molecule is COC(=O)C(NCc1ccsc1C(=O)O)C(C)C. The highest BCUT2D eigenvalue weighted by Crippen LogP contribution is 2.17. The zero-order valence-electron chi connectivity index (χ0n) is 10.6. The van der Waals surface area contributed by atoms with Crippen LogP contribution in [0.2, 0.25) is 0 Å². The molecular formula is C12H17NO4S. The van der Waals surface area contributed by atoms with Crippen LogP contribution in [0, 0.1) is 5.92 Å². The van der Waals surface area contributed by atoms with Gasteiger partial charge in [0.2, 0.25) is 0 Å². The molecule has 1 unspecified atom stereocenters. The number of thiophene rings is 1. The lowest BCUT2D eigenvalue weighted by molar-refractivity contribution is -0.144. The van der Waals surface area contributed by atoms with Gasteiger partial charge in [-0.05, 0) is 22.9 Å². The zero-order chi connectivity index (χ0) is 13.7. The summed E-state index contributed by atoms with van der Waals surface area (Å²) in [5.41, 5.74) is 0.682. The van der Waals surface area contributed by atoms with Crippen molar-refractivity contribution in [3.63, 3.8) is 0 Å². The van der Waals surface area contributed by atoms with E-state index in [4.69, 9.17) is 9.84 Å². The molecule has 1 aromatic rings. The standard InChI is InChI=1S/C12H17NO4S/c1-7(2)9(12(16)17-3)13-6-8-4-5-18-10(8)11(14)15/h4-5,7,9,13H,6H2,1-3H3,(H,14,15). The number of esters is 1. The molecular weight excluding hydrogens is 254 g/mol. The molecule has 1 rings (SSSR count). The maximum Gasteiger partial charge on any atom is 0.346 e. The minimum Gasteiger partial charge on any atom is -0.477 e. The number of aromatic carboxylic acids is 1. The maximum absolute atomic E-state index is 11.5. The number of ether oxygens (including phenoxy) is 1. The monoisotopic (exact) mass is 271 g/mol. The Morgan fingerprint density at radius 1 is 1.50 bits per heavy atom. The molecule has 0 aromatic carbocycles. The Kier molecular flexibility index (Phi) is 5.30. The fourth-order valence-electron chi connectivity index (χ4n) is 1.60. The van der Waals surface area contributed by atoms with E-state index in [-0.39, 0.29) is 11.9 Å². The van der Waals surface area contributed by atoms with E-state index in [0.717, 1.165) is 0 Å². The summed E-state index contributed by atoms with van der Waals surface area (Å²) in [5.74, 6) is -1.21. The van der Waals surface area contributed by atoms with Gasteiger partial charge >= 0.3 is 11.9 Å². The number of carbonyl (C=O) groups excluding carboxylic acids is 1. The van der Waals surface area contributed by atoms with Crippen molar-refractivity contribution >= 4 is 23.3 Å². The third kappa shape index (κ3) is 3.54. The first-order valence-electron chi connectivity index (χ1n) is 5.58. The van der Waals surface area contributed by atoms with Crippen molar-refractivity contribution in [3.8, 4) is 0 Å². The summed E-state index contributed by atoms with van der Waals surface area (Å²) < 4.78 is 4.71. The topological polar surface area (TPSA) is 75.6 Å². The van der Waals surface area contributed by atoms with E-state index in [0.29, 0.717) is 17.0 Å². The fourth-order valence-corrected chi connectivity index (χ4v) is 2.36. The molecule has 0 fully saturated rings. The second kappa shape index (κ2) is 6.51. The van der Waals surface area contributed by atoms with Gasteiger partial charge in [-0.15, -0.1) is 11.3 Å². The Hall–Kier alpha value is -1.40. The molecule has 0 radical (unpaired) electrons. The van der Waals surface area contributed by atoms with Gasteiger partial charge in [0.25, 0.3) is 0 Å². The van der Waals surface area contributed by atoms with Gasteiger partial charge in [0.05, 0.1) is 7.11 Å². The molecule has 0 aliphatic rings. The smallest absolute Gasteiger partial charge is 0.346 e. The van der Waals surface area contributed by atoms with Gasteiger partial charge in [0.1, 0.15) is 10.9 Å². The first-order chi connectivity index (χ1) is 8.47. The predicted octanol–water partition coefficient (Wildman–Crippen LogP) is 1.73. The fraction of sp³-hybridized carbons (Fsp3) is 0.500. The van der Waals surface area contributed by atoms with Crippen LogP contribution < -0.4 is 5.32 Å². The first-order valence-corrected chi connectivity index (χ1v) is 6.46. The van der Waals surface area contributed by atoms with E-state index in [9.17, 15) is 9.59 Å². The van der Waals surface area contributed by atoms with E-state index in [1.807, 2.05) is 13.8 Å². The van der Waals surface area contributed by atoms with Crippen molar-refractivity contribution in [2.75, 3.05) is 7.11 Å². The van der Waals surface area contributed by atoms with E-state index < -0.39 is 12.0 Å². The second-order valence-electron chi connectivity index (χ2n) is 4.21. The number of nitrogens with one attached hydrogen (secondary N) is 1. The summed E-state index contributed by atoms with van der Waals surface area (Å²) in [5, 5.41) is 13.7. The summed E-state index contributed by atoms with van der Waals surface area (Å²) in [6, 6.07) is 1.31. The van der Waals surface area contributed by atoms with Crippen molar-refractivity contribution < 1.29 is 19.4 Å². The van der Waals surface area contributed by atoms with E-state index >= 15 is 0 Å². The maximum atomic E-state index is 11.5. The molecule has 1 atom stereocenters. The van der Waals surface area contributed by atoms with Crippen LogP contribution >= 0.6 is 11.3 Å². The zero-order valence-corrected chi connectivity index (χ0v) is 11.4. The number of hydrogen-bond donors (Lipinski definition) is 2. The van der Waals surface area contributed by atoms with Crippen molar-refractivity contribution in [1.29, 1.82) is 0 Å². The Balaban J connectivity index is 2.70. The van der Waals surface area contributed by atoms with Crippen LogP contribution in [0.1, 0.15) is 29.1 Å². The van der Waals surface area contributed by atoms with E-state index in [2.05, 4.69) is 5.32 Å². The number of carboxylic acid groups (broad SMARTS) is 1. The van der Waals surface area contributed by atoms with Crippen LogP contribution in [0.15, 0.2) is 11.4 Å². The highest BCUT2D eigenvalue weighted by Gasteiger charge is 2.23. The summed E-state index contributed by atoms with van der Waals surface area (Å²) in [6.45, 7) is 4.14. The molecule has 0 aliphatic carbocycles. The number of rotatable bonds is 6. The summed E-state index contributed by atoms with van der Waals surface area (Å²) in [6.07, 6.45) is 0. The number of carbonyl (C=O) groups is 2. The van der Waals surface area contributed by atoms with Gasteiger partial charge in [0.15, 0.2) is 0 Å². The van der Waals surface area contributed by atoms with Gasteiger partial charge in [-0.25, -0.2) is 4.79 Å². The van der Waals surface area contributed by atoms with Crippen molar-refractivity contribution in [3.05, 3.63) is 21.9 Å². The van der Waals surface area contributed by atoms with Crippen LogP contribution in [0.5, 0.6) is 0 Å². The first kappa shape index (κ1) is 14.7. The summed E-state index contributed by atoms with van der Waals surface area (Å²) >= 11 is 1.18. The third-order valence-corrected chi connectivity index (χ3v) is 3.52. The van der Waals surface area contributed by atoms with Gasteiger partial charge in [-0.3, -0.25) is 4.79 Å². The highest BCUT2D eigenvalue weighted by atomic mass is 32.1. The Morgan fingerprint density at radius 2 is 2.17 bits per heavy atom. The normalized spacial score (nSPS) is 12.4. The molecule has 0 saturated heterocycles. The van der Waals surface area contributed by atoms with Crippen molar-refractivity contribution in [2.24, 2.45) is 5.92 Å². The number of hydrogen-bond acceptors (Lipinski definition) is 5. The van der Waals surface area contributed by atoms with Crippen molar-refractivity contribution in [2.45, 2.75) is 26.4 Å². The molecule has 1 heterocycles. The highest BCUT2D eigenvalue weighted by molar-refractivity contribution is 7.12. The lowest BCUT2D eigenvalue weighted by Crippen LogP contribution is -2.41. The number of methoxy groups -OCH3 is 1. The average molecular weight is 271 g/mol. The van der Waals surface area contributed by atoms with Crippen LogP contribution in [0.4, 0.5) is 0 Å². The van der Waals surface area contributed by atoms with Crippen LogP contribution in [0.3, 0.4) is 0 Å². The Labute approximate surface area is 110 Å². The third-order valence-electron chi connectivity index (χ3n) is 2.58. The lowest BCUT2D eigenvalue weighted by Gasteiger charge is -2.19. The minimum atomic E-state index is -0.944. The number of carboxylic acids is 1. The Bertz CT molecular complexity index is 427. The van der Waals surface area contributed by atoms with Crippen LogP contribution in [-0.4, -0.2) is 30.2 Å². The largest absolute Gasteiger partial charge is 0.477 e. The van der Waals surface area contributed by atoms with Gasteiger partial charge in [0, 0.05) is 6.54 Å². The van der Waals surface area contributed by atoms with Gasteiger partial charge in [-0.1, -0.05) is 13.8 Å². The summed E-state index contributed by atoms with van der Waals surface area (Å²) in [7, 11) is 1.34. The second-order valence-corrected chi connectivity index (χ2v) is 5.12. The molecule has 100 valence electrons.